The zero-order valence-electron chi connectivity index (χ0n) is 18.8. The lowest BCUT2D eigenvalue weighted by atomic mass is 9.87. The van der Waals surface area contributed by atoms with Gasteiger partial charge in [-0.15, -0.1) is 0 Å². The van der Waals surface area contributed by atoms with Gasteiger partial charge < -0.3 is 14.9 Å². The monoisotopic (exact) mass is 534 g/mol. The number of nitrogens with zero attached hydrogens (tertiary/aromatic N) is 2. The number of carboxylic acids is 2. The van der Waals surface area contributed by atoms with Crippen LogP contribution in [0.3, 0.4) is 0 Å². The number of ether oxygens (including phenoxy) is 1. The first-order chi connectivity index (χ1) is 16.2. The van der Waals surface area contributed by atoms with Crippen LogP contribution in [0, 0.1) is 0 Å². The van der Waals surface area contributed by atoms with E-state index in [1.807, 2.05) is 0 Å². The van der Waals surface area contributed by atoms with Gasteiger partial charge in [0, 0.05) is 25.7 Å². The minimum Gasteiger partial charge on any atom is -0.475 e. The molecule has 0 saturated carbocycles. The van der Waals surface area contributed by atoms with Crippen molar-refractivity contribution in [2.24, 2.45) is 0 Å². The maximum absolute atomic E-state index is 10.6. The van der Waals surface area contributed by atoms with Crippen LogP contribution in [0.4, 0.5) is 26.3 Å². The summed E-state index contributed by atoms with van der Waals surface area (Å²) in [6, 6.07) is 2.96. The fourth-order valence-corrected chi connectivity index (χ4v) is 4.93. The standard InChI is InChI=1S/C17H26N2OS.2C2HF3O2/c1-2-7-19(6-1)16-11-17(20-13-16)4-8-18(9-5-17)12-15-3-10-21-14-15;2*3-2(4,5)1(6)7/h3,10,14,16H,1-2,4-9,11-13H2;2*(H,6,7). The Morgan fingerprint density at radius 1 is 1.00 bits per heavy atom. The van der Waals surface area contributed by atoms with Gasteiger partial charge in [-0.2, -0.15) is 37.7 Å². The summed E-state index contributed by atoms with van der Waals surface area (Å²) in [7, 11) is 0. The molecular formula is C21H28F6N2O5S. The zero-order valence-corrected chi connectivity index (χ0v) is 19.6. The molecule has 200 valence electrons. The molecule has 1 aromatic heterocycles. The Bertz CT molecular complexity index is 780. The number of carbonyl (C=O) groups is 2. The molecule has 1 aromatic rings. The van der Waals surface area contributed by atoms with E-state index in [0.717, 1.165) is 13.2 Å². The highest BCUT2D eigenvalue weighted by Crippen LogP contribution is 2.38. The molecule has 0 radical (unpaired) electrons. The van der Waals surface area contributed by atoms with E-state index in [9.17, 15) is 26.3 Å². The van der Waals surface area contributed by atoms with Crippen molar-refractivity contribution in [2.45, 2.75) is 62.6 Å². The molecule has 0 aromatic carbocycles. The summed E-state index contributed by atoms with van der Waals surface area (Å²) >= 11 is 1.80. The predicted molar refractivity (Wildman–Crippen MR) is 114 cm³/mol. The number of thiophene rings is 1. The summed E-state index contributed by atoms with van der Waals surface area (Å²) in [6.07, 6.45) is -3.67. The average Bonchev–Trinajstić information content (AvgIpc) is 3.52. The van der Waals surface area contributed by atoms with Crippen LogP contribution in [-0.2, 0) is 20.9 Å². The Labute approximate surface area is 202 Å². The van der Waals surface area contributed by atoms with Crippen molar-refractivity contribution in [3.63, 3.8) is 0 Å². The van der Waals surface area contributed by atoms with E-state index >= 15 is 0 Å². The van der Waals surface area contributed by atoms with Crippen molar-refractivity contribution in [2.75, 3.05) is 32.8 Å². The highest BCUT2D eigenvalue weighted by Gasteiger charge is 2.44. The van der Waals surface area contributed by atoms with Crippen LogP contribution >= 0.6 is 11.3 Å². The lowest BCUT2D eigenvalue weighted by molar-refractivity contribution is -0.193. The first-order valence-corrected chi connectivity index (χ1v) is 11.9. The average molecular weight is 535 g/mol. The van der Waals surface area contributed by atoms with Crippen LogP contribution < -0.4 is 0 Å². The second kappa shape index (κ2) is 12.4. The maximum Gasteiger partial charge on any atom is 0.490 e. The number of aliphatic carboxylic acids is 2. The third-order valence-corrected chi connectivity index (χ3v) is 6.82. The summed E-state index contributed by atoms with van der Waals surface area (Å²) in [6.45, 7) is 7.09. The molecule has 35 heavy (non-hydrogen) atoms. The second-order valence-electron chi connectivity index (χ2n) is 8.61. The molecular weight excluding hydrogens is 506 g/mol. The van der Waals surface area contributed by atoms with E-state index < -0.39 is 24.3 Å². The first kappa shape index (κ1) is 29.3. The van der Waals surface area contributed by atoms with Crippen LogP contribution in [-0.4, -0.2) is 88.7 Å². The summed E-state index contributed by atoms with van der Waals surface area (Å²) in [5, 5.41) is 18.7. The second-order valence-corrected chi connectivity index (χ2v) is 9.39. The Morgan fingerprint density at radius 2 is 1.51 bits per heavy atom. The van der Waals surface area contributed by atoms with Gasteiger partial charge in [0.25, 0.3) is 0 Å². The van der Waals surface area contributed by atoms with Gasteiger partial charge in [0.15, 0.2) is 0 Å². The first-order valence-electron chi connectivity index (χ1n) is 10.9. The third-order valence-electron chi connectivity index (χ3n) is 6.09. The van der Waals surface area contributed by atoms with Crippen molar-refractivity contribution >= 4 is 23.3 Å². The molecule has 1 atom stereocenters. The van der Waals surface area contributed by atoms with Gasteiger partial charge in [-0.05, 0) is 67.6 Å². The fourth-order valence-electron chi connectivity index (χ4n) is 4.27. The van der Waals surface area contributed by atoms with Gasteiger partial charge in [-0.1, -0.05) is 0 Å². The van der Waals surface area contributed by atoms with Crippen LogP contribution in [0.15, 0.2) is 16.8 Å². The smallest absolute Gasteiger partial charge is 0.475 e. The normalized spacial score (nSPS) is 22.7. The summed E-state index contributed by atoms with van der Waals surface area (Å²) in [5.74, 6) is -5.51. The van der Waals surface area contributed by atoms with E-state index in [4.69, 9.17) is 24.5 Å². The minimum absolute atomic E-state index is 0.207. The van der Waals surface area contributed by atoms with Gasteiger partial charge in [0.05, 0.1) is 12.2 Å². The van der Waals surface area contributed by atoms with Crippen LogP contribution in [0.1, 0.15) is 37.7 Å². The number of halogens is 6. The van der Waals surface area contributed by atoms with E-state index in [2.05, 4.69) is 26.6 Å². The number of alkyl halides is 6. The number of hydrogen-bond donors (Lipinski definition) is 2. The molecule has 3 fully saturated rings. The van der Waals surface area contributed by atoms with Crippen LogP contribution in [0.2, 0.25) is 0 Å². The molecule has 3 saturated heterocycles. The fraction of sp³-hybridized carbons (Fsp3) is 0.714. The van der Waals surface area contributed by atoms with Crippen molar-refractivity contribution in [3.05, 3.63) is 22.4 Å². The Morgan fingerprint density at radius 3 is 1.94 bits per heavy atom. The number of rotatable bonds is 3. The molecule has 3 aliphatic rings. The van der Waals surface area contributed by atoms with Crippen molar-refractivity contribution < 1.29 is 50.9 Å². The summed E-state index contributed by atoms with van der Waals surface area (Å²) < 4.78 is 69.8. The third kappa shape index (κ3) is 9.58. The molecule has 2 N–H and O–H groups in total. The van der Waals surface area contributed by atoms with Gasteiger partial charge in [0.2, 0.25) is 0 Å². The van der Waals surface area contributed by atoms with Crippen molar-refractivity contribution in [1.29, 1.82) is 0 Å². The lowest BCUT2D eigenvalue weighted by Crippen LogP contribution is -2.44. The van der Waals surface area contributed by atoms with Gasteiger partial charge >= 0.3 is 24.3 Å². The number of piperidine rings is 1. The molecule has 14 heteroatoms. The molecule has 3 aliphatic heterocycles. The van der Waals surface area contributed by atoms with E-state index in [0.29, 0.717) is 6.04 Å². The molecule has 4 rings (SSSR count). The Hall–Kier alpha value is -1.90. The Kier molecular flexibility index (Phi) is 10.4. The lowest BCUT2D eigenvalue weighted by Gasteiger charge is -2.39. The molecule has 1 spiro atoms. The van der Waals surface area contributed by atoms with Gasteiger partial charge in [-0.25, -0.2) is 9.59 Å². The van der Waals surface area contributed by atoms with E-state index in [1.165, 1.54) is 63.8 Å². The molecule has 7 nitrogen and oxygen atoms in total. The highest BCUT2D eigenvalue weighted by atomic mass is 32.1. The molecule has 1 unspecified atom stereocenters. The van der Waals surface area contributed by atoms with Crippen LogP contribution in [0.5, 0.6) is 0 Å². The highest BCUT2D eigenvalue weighted by molar-refractivity contribution is 7.07. The largest absolute Gasteiger partial charge is 0.490 e. The molecule has 0 amide bonds. The zero-order chi connectivity index (χ0) is 26.3. The summed E-state index contributed by atoms with van der Waals surface area (Å²) in [4.78, 5) is 23.1. The molecule has 4 heterocycles. The van der Waals surface area contributed by atoms with Crippen LogP contribution in [0.25, 0.3) is 0 Å². The van der Waals surface area contributed by atoms with Crippen molar-refractivity contribution in [1.82, 2.24) is 9.80 Å². The van der Waals surface area contributed by atoms with Gasteiger partial charge in [-0.3, -0.25) is 9.80 Å². The maximum atomic E-state index is 10.6. The number of hydrogen-bond acceptors (Lipinski definition) is 6. The summed E-state index contributed by atoms with van der Waals surface area (Å²) in [5.41, 5.74) is 1.68. The van der Waals surface area contributed by atoms with E-state index in [-0.39, 0.29) is 5.60 Å². The van der Waals surface area contributed by atoms with E-state index in [1.54, 1.807) is 11.3 Å². The van der Waals surface area contributed by atoms with Gasteiger partial charge in [0.1, 0.15) is 0 Å². The quantitative estimate of drug-likeness (QED) is 0.561. The minimum atomic E-state index is -5.08. The SMILES string of the molecule is O=C(O)C(F)(F)F.O=C(O)C(F)(F)F.c1cc(CN2CCC3(CC2)CC(N2CCCC2)CO3)cs1. The van der Waals surface area contributed by atoms with Crippen molar-refractivity contribution in [3.8, 4) is 0 Å². The number of likely N-dealkylation sites (tertiary alicyclic amines) is 2. The number of carboxylic acid groups (broad SMARTS) is 2. The predicted octanol–water partition coefficient (Wildman–Crippen LogP) is 4.23. The topological polar surface area (TPSA) is 90.3 Å². The Balaban J connectivity index is 0.000000257. The molecule has 0 aliphatic carbocycles. The molecule has 0 bridgehead atoms.